The first-order valence-electron chi connectivity index (χ1n) is 15.8. The zero-order valence-corrected chi connectivity index (χ0v) is 29.2. The van der Waals surface area contributed by atoms with Gasteiger partial charge in [0, 0.05) is 23.7 Å². The average molecular weight is 686 g/mol. The van der Waals surface area contributed by atoms with E-state index in [9.17, 15) is 18.0 Å². The summed E-state index contributed by atoms with van der Waals surface area (Å²) in [6.45, 7) is 3.28. The van der Waals surface area contributed by atoms with E-state index in [4.69, 9.17) is 25.8 Å². The molecule has 0 bridgehead atoms. The van der Waals surface area contributed by atoms with Crippen LogP contribution in [0, 0.1) is 6.92 Å². The van der Waals surface area contributed by atoms with Gasteiger partial charge in [0.2, 0.25) is 11.8 Å². The highest BCUT2D eigenvalue weighted by molar-refractivity contribution is 7.92. The van der Waals surface area contributed by atoms with Crippen LogP contribution >= 0.6 is 11.6 Å². The van der Waals surface area contributed by atoms with Crippen molar-refractivity contribution in [3.63, 3.8) is 0 Å². The van der Waals surface area contributed by atoms with Crippen LogP contribution in [0.25, 0.3) is 0 Å². The van der Waals surface area contributed by atoms with Crippen LogP contribution < -0.4 is 23.8 Å². The molecule has 10 nitrogen and oxygen atoms in total. The number of amides is 2. The number of nitrogens with zero attached hydrogens (tertiary/aromatic N) is 2. The number of aryl methyl sites for hydroxylation is 1. The van der Waals surface area contributed by atoms with E-state index in [2.05, 4.69) is 5.32 Å². The molecular formula is C35H44ClN3O7S. The zero-order chi connectivity index (χ0) is 34.1. The van der Waals surface area contributed by atoms with Gasteiger partial charge >= 0.3 is 0 Å². The summed E-state index contributed by atoms with van der Waals surface area (Å²) in [5.74, 6) is -0.0898. The van der Waals surface area contributed by atoms with Gasteiger partial charge < -0.3 is 24.4 Å². The first-order valence-corrected chi connectivity index (χ1v) is 17.6. The molecule has 1 atom stereocenters. The van der Waals surface area contributed by atoms with Crippen molar-refractivity contribution in [1.29, 1.82) is 0 Å². The van der Waals surface area contributed by atoms with Crippen LogP contribution in [0.2, 0.25) is 5.02 Å². The van der Waals surface area contributed by atoms with Crippen molar-refractivity contribution in [2.45, 2.75) is 75.9 Å². The lowest BCUT2D eigenvalue weighted by atomic mass is 9.95. The van der Waals surface area contributed by atoms with Gasteiger partial charge in [-0.05, 0) is 62.1 Å². The van der Waals surface area contributed by atoms with Crippen molar-refractivity contribution >= 4 is 39.1 Å². The maximum Gasteiger partial charge on any atom is 0.265 e. The number of hydrogen-bond acceptors (Lipinski definition) is 7. The number of halogens is 1. The summed E-state index contributed by atoms with van der Waals surface area (Å²) in [5, 5.41) is 3.41. The van der Waals surface area contributed by atoms with Crippen molar-refractivity contribution < 1.29 is 32.2 Å². The minimum Gasteiger partial charge on any atom is -0.495 e. The Morgan fingerprint density at radius 2 is 1.53 bits per heavy atom. The molecule has 0 aromatic heterocycles. The molecule has 0 unspecified atom stereocenters. The highest BCUT2D eigenvalue weighted by Gasteiger charge is 2.36. The molecule has 0 radical (unpaired) electrons. The van der Waals surface area contributed by atoms with E-state index < -0.39 is 28.5 Å². The van der Waals surface area contributed by atoms with Crippen molar-refractivity contribution in [3.05, 3.63) is 76.8 Å². The first kappa shape index (κ1) is 35.9. The number of nitrogens with one attached hydrogen (secondary N) is 1. The van der Waals surface area contributed by atoms with Gasteiger partial charge in [-0.3, -0.25) is 13.9 Å². The second kappa shape index (κ2) is 16.2. The molecule has 1 fully saturated rings. The average Bonchev–Trinajstić information content (AvgIpc) is 3.07. The standard InChI is InChI=1S/C35H44ClN3O7S/c1-6-29(35(41)37-27-10-8-7-9-11-27)38(22-25-14-12-24(2)13-15-25)34(40)23-39(30-20-26(36)16-18-31(30)44-3)47(42,43)28-17-19-32(45-4)33(21-28)46-5/h12-21,27,29H,6-11,22-23H2,1-5H3,(H,37,41)/t29-/m1/s1. The topological polar surface area (TPSA) is 114 Å². The van der Waals surface area contributed by atoms with Crippen LogP contribution in [-0.2, 0) is 26.2 Å². The fraction of sp³-hybridized carbons (Fsp3) is 0.429. The normalized spacial score (nSPS) is 14.2. The summed E-state index contributed by atoms with van der Waals surface area (Å²) in [6, 6.07) is 15.6. The molecule has 1 aliphatic rings. The third-order valence-corrected chi connectivity index (χ3v) is 10.4. The Bertz CT molecular complexity index is 1640. The number of methoxy groups -OCH3 is 3. The van der Waals surface area contributed by atoms with Crippen LogP contribution in [0.4, 0.5) is 5.69 Å². The van der Waals surface area contributed by atoms with Gasteiger partial charge in [0.1, 0.15) is 18.3 Å². The maximum absolute atomic E-state index is 14.5. The van der Waals surface area contributed by atoms with Crippen LogP contribution in [0.3, 0.4) is 0 Å². The van der Waals surface area contributed by atoms with E-state index in [1.807, 2.05) is 38.1 Å². The fourth-order valence-electron chi connectivity index (χ4n) is 5.83. The van der Waals surface area contributed by atoms with Gasteiger partial charge in [-0.15, -0.1) is 0 Å². The molecule has 1 saturated carbocycles. The highest BCUT2D eigenvalue weighted by atomic mass is 35.5. The van der Waals surface area contributed by atoms with Crippen molar-refractivity contribution in [1.82, 2.24) is 10.2 Å². The number of benzene rings is 3. The van der Waals surface area contributed by atoms with Gasteiger partial charge in [0.25, 0.3) is 10.0 Å². The third kappa shape index (κ3) is 8.70. The minimum atomic E-state index is -4.43. The highest BCUT2D eigenvalue weighted by Crippen LogP contribution is 2.37. The van der Waals surface area contributed by atoms with E-state index in [0.29, 0.717) is 12.2 Å². The van der Waals surface area contributed by atoms with E-state index >= 15 is 0 Å². The van der Waals surface area contributed by atoms with Crippen LogP contribution in [0.1, 0.15) is 56.6 Å². The third-order valence-electron chi connectivity index (χ3n) is 8.44. The fourth-order valence-corrected chi connectivity index (χ4v) is 7.43. The Morgan fingerprint density at radius 3 is 2.15 bits per heavy atom. The summed E-state index contributed by atoms with van der Waals surface area (Å²) in [5.41, 5.74) is 1.93. The van der Waals surface area contributed by atoms with E-state index in [-0.39, 0.29) is 45.6 Å². The molecule has 0 spiro atoms. The SMILES string of the molecule is CC[C@H](C(=O)NC1CCCCC1)N(Cc1ccc(C)cc1)C(=O)CN(c1cc(Cl)ccc1OC)S(=O)(=O)c1ccc(OC)c(OC)c1. The molecule has 0 heterocycles. The Labute approximate surface area is 283 Å². The molecule has 4 rings (SSSR count). The second-order valence-corrected chi connectivity index (χ2v) is 13.9. The molecule has 3 aromatic carbocycles. The lowest BCUT2D eigenvalue weighted by Gasteiger charge is -2.34. The summed E-state index contributed by atoms with van der Waals surface area (Å²) >= 11 is 6.37. The minimum absolute atomic E-state index is 0.0410. The van der Waals surface area contributed by atoms with E-state index in [1.165, 1.54) is 56.6 Å². The van der Waals surface area contributed by atoms with E-state index in [0.717, 1.165) is 47.5 Å². The van der Waals surface area contributed by atoms with E-state index in [1.54, 1.807) is 6.07 Å². The van der Waals surface area contributed by atoms with Gasteiger partial charge in [-0.1, -0.05) is 67.6 Å². The van der Waals surface area contributed by atoms with Crippen molar-refractivity contribution in [2.24, 2.45) is 0 Å². The molecular weight excluding hydrogens is 642 g/mol. The Hall–Kier alpha value is -3.96. The number of carbonyl (C=O) groups excluding carboxylic acids is 2. The lowest BCUT2D eigenvalue weighted by molar-refractivity contribution is -0.140. The second-order valence-electron chi connectivity index (χ2n) is 11.6. The lowest BCUT2D eigenvalue weighted by Crippen LogP contribution is -2.54. The number of ether oxygens (including phenoxy) is 3. The quantitative estimate of drug-likeness (QED) is 0.217. The first-order chi connectivity index (χ1) is 22.5. The molecule has 1 aliphatic carbocycles. The number of anilines is 1. The molecule has 254 valence electrons. The number of carbonyl (C=O) groups is 2. The predicted octanol–water partition coefficient (Wildman–Crippen LogP) is 6.13. The largest absolute Gasteiger partial charge is 0.495 e. The molecule has 47 heavy (non-hydrogen) atoms. The van der Waals surface area contributed by atoms with Gasteiger partial charge in [0.15, 0.2) is 11.5 Å². The maximum atomic E-state index is 14.5. The number of hydrogen-bond donors (Lipinski definition) is 1. The van der Waals surface area contributed by atoms with Crippen LogP contribution in [0.15, 0.2) is 65.6 Å². The molecule has 12 heteroatoms. The zero-order valence-electron chi connectivity index (χ0n) is 27.6. The van der Waals surface area contributed by atoms with Gasteiger partial charge in [0.05, 0.1) is 31.9 Å². The van der Waals surface area contributed by atoms with Gasteiger partial charge in [-0.2, -0.15) is 0 Å². The number of rotatable bonds is 14. The molecule has 0 saturated heterocycles. The van der Waals surface area contributed by atoms with Crippen LogP contribution in [0.5, 0.6) is 17.2 Å². The van der Waals surface area contributed by atoms with Crippen molar-refractivity contribution in [2.75, 3.05) is 32.2 Å². The monoisotopic (exact) mass is 685 g/mol. The Morgan fingerprint density at radius 1 is 0.894 bits per heavy atom. The van der Waals surface area contributed by atoms with Crippen molar-refractivity contribution in [3.8, 4) is 17.2 Å². The molecule has 1 N–H and O–H groups in total. The summed E-state index contributed by atoms with van der Waals surface area (Å²) < 4.78 is 46.1. The summed E-state index contributed by atoms with van der Waals surface area (Å²) in [4.78, 5) is 29.6. The Kier molecular flexibility index (Phi) is 12.4. The molecule has 0 aliphatic heterocycles. The molecule has 2 amide bonds. The Balaban J connectivity index is 1.79. The molecule has 3 aromatic rings. The van der Waals surface area contributed by atoms with Crippen LogP contribution in [-0.4, -0.2) is 65.1 Å². The smallest absolute Gasteiger partial charge is 0.265 e. The number of sulfonamides is 1. The predicted molar refractivity (Wildman–Crippen MR) is 183 cm³/mol. The summed E-state index contributed by atoms with van der Waals surface area (Å²) in [6.07, 6.45) is 5.33. The summed E-state index contributed by atoms with van der Waals surface area (Å²) in [7, 11) is -0.173. The van der Waals surface area contributed by atoms with Gasteiger partial charge in [-0.25, -0.2) is 8.42 Å².